The number of ether oxygens (including phenoxy) is 5. The zero-order valence-electron chi connectivity index (χ0n) is 30.8. The Labute approximate surface area is 313 Å². The molecule has 1 amide bonds. The number of benzene rings is 1. The topological polar surface area (TPSA) is 214 Å². The molecule has 3 N–H and O–H groups in total. The maximum Gasteiger partial charge on any atom is 0.412 e. The van der Waals surface area contributed by atoms with Crippen LogP contribution >= 0.6 is 0 Å². The number of nitrogens with zero attached hydrogens (tertiary/aromatic N) is 5. The number of aromatic nitrogens is 6. The fraction of sp³-hybridized carbons (Fsp3) is 0.486. The summed E-state index contributed by atoms with van der Waals surface area (Å²) >= 11 is 0. The van der Waals surface area contributed by atoms with E-state index in [1.54, 1.807) is 79.7 Å². The molecule has 0 bridgehead atoms. The maximum absolute atomic E-state index is 12.7. The lowest BCUT2D eigenvalue weighted by molar-refractivity contribution is -0.154. The van der Waals surface area contributed by atoms with Gasteiger partial charge in [-0.05, 0) is 81.5 Å². The van der Waals surface area contributed by atoms with E-state index in [0.717, 1.165) is 44.2 Å². The molecule has 3 unspecified atom stereocenters. The summed E-state index contributed by atoms with van der Waals surface area (Å²) < 4.78 is 27.7. The summed E-state index contributed by atoms with van der Waals surface area (Å²) in [5.41, 5.74) is 6.00. The zero-order chi connectivity index (χ0) is 38.7. The van der Waals surface area contributed by atoms with E-state index in [9.17, 15) is 24.3 Å². The van der Waals surface area contributed by atoms with Crippen molar-refractivity contribution in [2.75, 3.05) is 31.7 Å². The summed E-state index contributed by atoms with van der Waals surface area (Å²) in [5.74, 6) is -1.39. The van der Waals surface area contributed by atoms with Crippen LogP contribution in [0.15, 0.2) is 62.2 Å². The molecule has 3 aliphatic rings. The van der Waals surface area contributed by atoms with E-state index < -0.39 is 30.2 Å². The molecule has 54 heavy (non-hydrogen) atoms. The van der Waals surface area contributed by atoms with Gasteiger partial charge in [0.05, 0.1) is 64.2 Å². The average molecular weight is 752 g/mol. The number of imidazole rings is 3. The van der Waals surface area contributed by atoms with Gasteiger partial charge < -0.3 is 42.9 Å². The molecule has 1 aliphatic heterocycles. The third-order valence-electron chi connectivity index (χ3n) is 8.23. The normalized spacial score (nSPS) is 15.5. The predicted molar refractivity (Wildman–Crippen MR) is 193 cm³/mol. The van der Waals surface area contributed by atoms with Crippen LogP contribution in [0.25, 0.3) is 0 Å². The van der Waals surface area contributed by atoms with E-state index in [1.165, 1.54) is 28.6 Å². The molecule has 0 spiro atoms. The molecule has 1 aromatic carbocycles. The minimum atomic E-state index is -1.12. The zero-order valence-corrected chi connectivity index (χ0v) is 30.8. The smallest absolute Gasteiger partial charge is 0.412 e. The minimum absolute atomic E-state index is 0.164. The standard InChI is InChI=1S/C21H25N3O4.C8H12N2O3.C5H8O3.C3H4N2/c1-2-27-20(25)18(12-24-10-9-22-13-24)28-21(26)23-19-16-7-3-5-14(16)11-15-6-4-8-17(15)19;1-2-13-8(12)7(11)5-10-4-3-9-6-10;1-2-7-5(6)4-3-8-4;1-2-5-3-4-1/h9-11,13,18H,2-8,12H2,1H3,(H,23,26);3-4,6-7,11H,2,5H2,1H3;4H,2-3H2,1H3;1-3H,(H,4,5). The molecule has 3 atom stereocenters. The van der Waals surface area contributed by atoms with Crippen molar-refractivity contribution in [1.82, 2.24) is 29.1 Å². The Kier molecular flexibility index (Phi) is 16.7. The second kappa shape index (κ2) is 21.9. The lowest BCUT2D eigenvalue weighted by Crippen LogP contribution is -2.34. The molecule has 2 aliphatic carbocycles. The van der Waals surface area contributed by atoms with Crippen molar-refractivity contribution in [1.29, 1.82) is 0 Å². The number of nitrogens with one attached hydrogen (secondary N) is 2. The molecule has 0 radical (unpaired) electrons. The Morgan fingerprint density at radius 2 is 1.44 bits per heavy atom. The largest absolute Gasteiger partial charge is 0.464 e. The van der Waals surface area contributed by atoms with Gasteiger partial charge in [0.2, 0.25) is 6.10 Å². The number of anilines is 1. The van der Waals surface area contributed by atoms with Gasteiger partial charge in [-0.2, -0.15) is 0 Å². The predicted octanol–water partition coefficient (Wildman–Crippen LogP) is 3.21. The lowest BCUT2D eigenvalue weighted by atomic mass is 9.99. The van der Waals surface area contributed by atoms with E-state index in [0.29, 0.717) is 13.2 Å². The Balaban J connectivity index is 0.000000204. The number of H-pyrrole nitrogens is 1. The molecule has 3 aromatic heterocycles. The SMILES string of the molecule is CCOC(=O)C(Cn1ccnc1)OC(=O)Nc1c2c(cc3c1CCC3)CCC2.CCOC(=O)C(O)Cn1ccnc1.CCOC(=O)C1CO1.c1c[nH]cn1. The maximum atomic E-state index is 12.7. The number of carbonyl (C=O) groups is 4. The molecule has 1 saturated heterocycles. The van der Waals surface area contributed by atoms with Crippen LogP contribution in [0.4, 0.5) is 10.5 Å². The van der Waals surface area contributed by atoms with Gasteiger partial charge in [0.1, 0.15) is 0 Å². The van der Waals surface area contributed by atoms with Crippen LogP contribution in [0.1, 0.15) is 55.9 Å². The number of carbonyl (C=O) groups excluding carboxylic acids is 4. The van der Waals surface area contributed by atoms with Crippen molar-refractivity contribution in [2.45, 2.75) is 90.7 Å². The summed E-state index contributed by atoms with van der Waals surface area (Å²) in [7, 11) is 0. The van der Waals surface area contributed by atoms with Gasteiger partial charge in [0.15, 0.2) is 12.2 Å². The van der Waals surface area contributed by atoms with Crippen molar-refractivity contribution in [3.05, 3.63) is 84.5 Å². The highest BCUT2D eigenvalue weighted by atomic mass is 16.6. The van der Waals surface area contributed by atoms with Crippen LogP contribution in [0.3, 0.4) is 0 Å². The van der Waals surface area contributed by atoms with Crippen LogP contribution in [0.2, 0.25) is 0 Å². The average Bonchev–Trinajstić information content (AvgIpc) is 3.85. The van der Waals surface area contributed by atoms with Crippen molar-refractivity contribution in [3.63, 3.8) is 0 Å². The van der Waals surface area contributed by atoms with Crippen molar-refractivity contribution in [2.24, 2.45) is 0 Å². The molecule has 292 valence electrons. The summed E-state index contributed by atoms with van der Waals surface area (Å²) in [6, 6.07) is 2.31. The number of esters is 3. The number of hydrogen-bond acceptors (Lipinski definition) is 13. The Morgan fingerprint density at radius 1 is 0.852 bits per heavy atom. The van der Waals surface area contributed by atoms with E-state index >= 15 is 0 Å². The van der Waals surface area contributed by atoms with Crippen molar-refractivity contribution < 1.29 is 48.0 Å². The van der Waals surface area contributed by atoms with Gasteiger partial charge in [-0.1, -0.05) is 6.07 Å². The van der Waals surface area contributed by atoms with Crippen LogP contribution < -0.4 is 5.32 Å². The van der Waals surface area contributed by atoms with Gasteiger partial charge >= 0.3 is 24.0 Å². The van der Waals surface area contributed by atoms with Gasteiger partial charge in [0.25, 0.3) is 0 Å². The monoisotopic (exact) mass is 751 g/mol. The van der Waals surface area contributed by atoms with Crippen LogP contribution in [0.5, 0.6) is 0 Å². The van der Waals surface area contributed by atoms with Gasteiger partial charge in [0, 0.05) is 37.2 Å². The third kappa shape index (κ3) is 13.1. The van der Waals surface area contributed by atoms with E-state index in [1.807, 2.05) is 0 Å². The highest BCUT2D eigenvalue weighted by molar-refractivity contribution is 5.90. The number of hydrogen-bond donors (Lipinski definition) is 3. The Morgan fingerprint density at radius 3 is 1.93 bits per heavy atom. The number of epoxide rings is 1. The minimum Gasteiger partial charge on any atom is -0.464 e. The first kappa shape index (κ1) is 41.2. The summed E-state index contributed by atoms with van der Waals surface area (Å²) in [6.07, 6.45) is 18.0. The molecule has 4 aromatic rings. The number of fused-ring (bicyclic) bond motifs is 2. The van der Waals surface area contributed by atoms with Crippen LogP contribution in [-0.4, -0.2) is 103 Å². The summed E-state index contributed by atoms with van der Waals surface area (Å²) in [4.78, 5) is 60.5. The fourth-order valence-corrected chi connectivity index (χ4v) is 5.75. The lowest BCUT2D eigenvalue weighted by Gasteiger charge is -2.19. The molecule has 4 heterocycles. The molecular weight excluding hydrogens is 702 g/mol. The number of aryl methyl sites for hydroxylation is 2. The highest BCUT2D eigenvalue weighted by Gasteiger charge is 2.32. The van der Waals surface area contributed by atoms with Gasteiger partial charge in [-0.25, -0.2) is 34.1 Å². The Bertz CT molecular complexity index is 1680. The molecule has 0 saturated carbocycles. The fourth-order valence-electron chi connectivity index (χ4n) is 5.75. The first-order chi connectivity index (χ1) is 26.2. The van der Waals surface area contributed by atoms with Gasteiger partial charge in [-0.15, -0.1) is 0 Å². The molecule has 7 rings (SSSR count). The van der Waals surface area contributed by atoms with Crippen molar-refractivity contribution in [3.8, 4) is 0 Å². The highest BCUT2D eigenvalue weighted by Crippen LogP contribution is 2.38. The molecule has 17 nitrogen and oxygen atoms in total. The second-order valence-electron chi connectivity index (χ2n) is 12.1. The van der Waals surface area contributed by atoms with Gasteiger partial charge in [-0.3, -0.25) is 5.32 Å². The summed E-state index contributed by atoms with van der Waals surface area (Å²) in [6.45, 7) is 7.03. The molecule has 17 heteroatoms. The third-order valence-corrected chi connectivity index (χ3v) is 8.23. The summed E-state index contributed by atoms with van der Waals surface area (Å²) in [5, 5.41) is 12.3. The van der Waals surface area contributed by atoms with E-state index in [2.05, 4.69) is 45.5 Å². The van der Waals surface area contributed by atoms with Crippen LogP contribution in [0, 0.1) is 0 Å². The first-order valence-electron chi connectivity index (χ1n) is 18.0. The number of aliphatic hydroxyl groups excluding tert-OH is 1. The van der Waals surface area contributed by atoms with E-state index in [-0.39, 0.29) is 38.4 Å². The quantitative estimate of drug-likeness (QED) is 0.108. The molecular formula is C37H49N7O10. The molecule has 1 fully saturated rings. The van der Waals surface area contributed by atoms with E-state index in [4.69, 9.17) is 9.47 Å². The number of rotatable bonds is 12. The Hall–Kier alpha value is -5.55. The second-order valence-corrected chi connectivity index (χ2v) is 12.1. The number of aromatic amines is 1. The first-order valence-corrected chi connectivity index (χ1v) is 18.0. The number of amides is 1. The van der Waals surface area contributed by atoms with Crippen LogP contribution in [-0.2, 0) is 76.8 Å². The number of aliphatic hydroxyl groups is 1. The van der Waals surface area contributed by atoms with Crippen molar-refractivity contribution >= 4 is 29.7 Å².